The van der Waals surface area contributed by atoms with Gasteiger partial charge in [0.2, 0.25) is 0 Å². The van der Waals surface area contributed by atoms with Gasteiger partial charge in [0.1, 0.15) is 5.76 Å². The number of carboxylic acid groups (broad SMARTS) is 1. The van der Waals surface area contributed by atoms with E-state index in [9.17, 15) is 22.8 Å². The Hall–Kier alpha value is -3.73. The van der Waals surface area contributed by atoms with E-state index < -0.39 is 40.4 Å². The van der Waals surface area contributed by atoms with Gasteiger partial charge in [0.05, 0.1) is 17.0 Å². The van der Waals surface area contributed by atoms with E-state index in [0.717, 1.165) is 22.4 Å². The second kappa shape index (κ2) is 9.49. The number of hydrogen-bond acceptors (Lipinski definition) is 4. The van der Waals surface area contributed by atoms with Crippen LogP contribution in [0.15, 0.2) is 81.5 Å². The van der Waals surface area contributed by atoms with Crippen molar-refractivity contribution < 1.29 is 27.8 Å². The molecule has 0 saturated carbocycles. The third-order valence-electron chi connectivity index (χ3n) is 5.38. The highest BCUT2D eigenvalue weighted by atomic mass is 32.2. The van der Waals surface area contributed by atoms with E-state index in [1.54, 1.807) is 29.7 Å². The Morgan fingerprint density at radius 2 is 1.77 bits per heavy atom. The Bertz CT molecular complexity index is 1360. The van der Waals surface area contributed by atoms with E-state index in [-0.39, 0.29) is 17.3 Å². The first-order valence-electron chi connectivity index (χ1n) is 10.5. The summed E-state index contributed by atoms with van der Waals surface area (Å²) < 4.78 is 47.4. The number of thiol groups is 1. The molecule has 4 rings (SSSR count). The number of carbonyl (C=O) groups is 1. The molecule has 2 aromatic carbocycles. The molecule has 2 unspecified atom stereocenters. The van der Waals surface area contributed by atoms with Crippen LogP contribution in [-0.2, 0) is 22.8 Å². The topological polar surface area (TPSA) is 86.3 Å². The summed E-state index contributed by atoms with van der Waals surface area (Å²) in [5.41, 5.74) is 0.279. The van der Waals surface area contributed by atoms with Crippen molar-refractivity contribution in [1.82, 2.24) is 14.3 Å². The molecule has 0 radical (unpaired) electrons. The Morgan fingerprint density at radius 3 is 2.37 bits per heavy atom. The number of nitrogens with zero attached hydrogens (tertiary/aromatic N) is 3. The highest BCUT2D eigenvalue weighted by Gasteiger charge is 2.31. The predicted molar refractivity (Wildman–Crippen MR) is 127 cm³/mol. The minimum Gasteiger partial charge on any atom is -0.481 e. The van der Waals surface area contributed by atoms with Crippen molar-refractivity contribution in [3.05, 3.63) is 104 Å². The van der Waals surface area contributed by atoms with Crippen LogP contribution >= 0.6 is 10.9 Å². The lowest BCUT2D eigenvalue weighted by atomic mass is 10.1. The number of carboxylic acids is 1. The molecule has 7 nitrogen and oxygen atoms in total. The van der Waals surface area contributed by atoms with Crippen LogP contribution < -0.4 is 5.69 Å². The van der Waals surface area contributed by atoms with Crippen LogP contribution in [0.1, 0.15) is 30.0 Å². The minimum atomic E-state index is -4.49. The second-order valence-corrected chi connectivity index (χ2v) is 9.80. The maximum atomic E-state index is 13.0. The van der Waals surface area contributed by atoms with Gasteiger partial charge in [-0.3, -0.25) is 9.36 Å². The zero-order chi connectivity index (χ0) is 25.3. The summed E-state index contributed by atoms with van der Waals surface area (Å²) in [6.07, 6.45) is -5.31. The molecule has 1 aliphatic heterocycles. The molecule has 35 heavy (non-hydrogen) atoms. The molecule has 1 N–H and O–H groups in total. The first-order chi connectivity index (χ1) is 16.5. The van der Waals surface area contributed by atoms with Crippen LogP contribution in [0.3, 0.4) is 0 Å². The van der Waals surface area contributed by atoms with Crippen molar-refractivity contribution in [2.45, 2.75) is 19.2 Å². The monoisotopic (exact) mass is 505 g/mol. The van der Waals surface area contributed by atoms with Gasteiger partial charge >= 0.3 is 17.8 Å². The van der Waals surface area contributed by atoms with Crippen LogP contribution in [0.5, 0.6) is 0 Å². The molecule has 0 amide bonds. The second-order valence-electron chi connectivity index (χ2n) is 7.94. The first kappa shape index (κ1) is 24.4. The smallest absolute Gasteiger partial charge is 0.416 e. The number of rotatable bonds is 7. The molecule has 184 valence electrons. The summed E-state index contributed by atoms with van der Waals surface area (Å²) in [7, 11) is 0.484. The van der Waals surface area contributed by atoms with Crippen LogP contribution in [-0.4, -0.2) is 31.2 Å². The lowest BCUT2D eigenvalue weighted by Gasteiger charge is -2.20. The van der Waals surface area contributed by atoms with Crippen molar-refractivity contribution in [2.75, 3.05) is 5.75 Å². The normalized spacial score (nSPS) is 17.6. The summed E-state index contributed by atoms with van der Waals surface area (Å²) in [5.74, 6) is -0.182. The summed E-state index contributed by atoms with van der Waals surface area (Å²) in [5, 5.41) is 17.2. The van der Waals surface area contributed by atoms with Crippen LogP contribution in [0.4, 0.5) is 13.2 Å². The average molecular weight is 506 g/mol. The molecule has 0 aliphatic carbocycles. The Balaban J connectivity index is 1.74. The van der Waals surface area contributed by atoms with E-state index in [4.69, 9.17) is 9.84 Å². The molecule has 0 spiro atoms. The molecule has 11 heteroatoms. The number of benzene rings is 2. The number of hydrogen-bond donors (Lipinski definition) is 2. The fourth-order valence-corrected chi connectivity index (χ4v) is 5.40. The third-order valence-corrected chi connectivity index (χ3v) is 7.30. The Kier molecular flexibility index (Phi) is 6.62. The van der Waals surface area contributed by atoms with Crippen molar-refractivity contribution in [2.24, 2.45) is 7.05 Å². The van der Waals surface area contributed by atoms with E-state index in [1.807, 2.05) is 18.4 Å². The van der Waals surface area contributed by atoms with E-state index in [0.29, 0.717) is 11.3 Å². The van der Waals surface area contributed by atoms with Crippen LogP contribution in [0.2, 0.25) is 0 Å². The van der Waals surface area contributed by atoms with E-state index in [1.165, 1.54) is 23.7 Å². The number of aromatic nitrogens is 3. The maximum absolute atomic E-state index is 13.0. The molecule has 0 fully saturated rings. The van der Waals surface area contributed by atoms with Crippen molar-refractivity contribution in [3.63, 3.8) is 0 Å². The van der Waals surface area contributed by atoms with Gasteiger partial charge in [0.15, 0.2) is 11.9 Å². The van der Waals surface area contributed by atoms with Gasteiger partial charge in [0.25, 0.3) is 0 Å². The number of halogens is 3. The van der Waals surface area contributed by atoms with Crippen LogP contribution in [0, 0.1) is 0 Å². The first-order valence-corrected chi connectivity index (χ1v) is 12.1. The molecule has 2 heterocycles. The number of aliphatic carboxylic acids is 1. The van der Waals surface area contributed by atoms with E-state index >= 15 is 0 Å². The SMILES string of the molecule is CC1=C[SH](CC(=O)O)C=C1OC(c1ccccc1)c1nn(-c2ccc(C(F)(F)F)cc2)c(=O)n1C. The summed E-state index contributed by atoms with van der Waals surface area (Å²) in [6.45, 7) is 1.82. The number of ether oxygens (including phenoxy) is 1. The highest BCUT2D eigenvalue weighted by Crippen LogP contribution is 2.42. The van der Waals surface area contributed by atoms with Crippen LogP contribution in [0.25, 0.3) is 5.69 Å². The quantitative estimate of drug-likeness (QED) is 0.461. The van der Waals surface area contributed by atoms with Crippen molar-refractivity contribution in [1.29, 1.82) is 0 Å². The lowest BCUT2D eigenvalue weighted by Crippen LogP contribution is -2.23. The third kappa shape index (κ3) is 5.19. The molecule has 1 aliphatic rings. The summed E-state index contributed by atoms with van der Waals surface area (Å²) in [4.78, 5) is 24.1. The summed E-state index contributed by atoms with van der Waals surface area (Å²) in [6, 6.07) is 13.2. The van der Waals surface area contributed by atoms with Gasteiger partial charge in [-0.05, 0) is 47.6 Å². The zero-order valence-electron chi connectivity index (χ0n) is 18.7. The van der Waals surface area contributed by atoms with Gasteiger partial charge in [-0.1, -0.05) is 30.3 Å². The van der Waals surface area contributed by atoms with E-state index in [2.05, 4.69) is 5.10 Å². The molecule has 1 aromatic heterocycles. The Morgan fingerprint density at radius 1 is 1.11 bits per heavy atom. The number of allylic oxidation sites excluding steroid dienone is 1. The van der Waals surface area contributed by atoms with Crippen molar-refractivity contribution in [3.8, 4) is 5.69 Å². The molecule has 0 saturated heterocycles. The van der Waals surface area contributed by atoms with Gasteiger partial charge in [-0.25, -0.2) is 4.79 Å². The summed E-state index contributed by atoms with van der Waals surface area (Å²) >= 11 is 0. The lowest BCUT2D eigenvalue weighted by molar-refractivity contribution is -0.137. The molecule has 3 aromatic rings. The predicted octanol–water partition coefficient (Wildman–Crippen LogP) is 4.54. The molecular weight excluding hydrogens is 483 g/mol. The zero-order valence-corrected chi connectivity index (χ0v) is 19.6. The Labute approximate surface area is 201 Å². The minimum absolute atomic E-state index is 0.0173. The highest BCUT2D eigenvalue weighted by molar-refractivity contribution is 8.22. The van der Waals surface area contributed by atoms with Gasteiger partial charge in [-0.15, -0.1) is 5.10 Å². The maximum Gasteiger partial charge on any atom is 0.416 e. The molecule has 0 bridgehead atoms. The molecular formula is C24H22F3N3O4S. The standard InChI is InChI=1S/C24H22F3N3O4S/c1-15-12-35(14-20(31)32)13-19(15)34-21(16-6-4-3-5-7-16)22-28-30(23(33)29(22)2)18-10-8-17(9-11-18)24(25,26)27/h3-13,21,35H,14H2,1-2H3,(H,31,32). The van der Waals surface area contributed by atoms with Gasteiger partial charge < -0.3 is 9.84 Å². The average Bonchev–Trinajstić information content (AvgIpc) is 3.30. The fourth-order valence-electron chi connectivity index (χ4n) is 3.64. The fraction of sp³-hybridized carbons (Fsp3) is 0.208. The largest absolute Gasteiger partial charge is 0.481 e. The number of alkyl halides is 3. The van der Waals surface area contributed by atoms with Gasteiger partial charge in [0, 0.05) is 12.6 Å². The van der Waals surface area contributed by atoms with Crippen molar-refractivity contribution >= 4 is 16.9 Å². The molecule has 2 atom stereocenters. The van der Waals surface area contributed by atoms with Gasteiger partial charge in [-0.2, -0.15) is 28.7 Å².